The number of methoxy groups -OCH3 is 1. The summed E-state index contributed by atoms with van der Waals surface area (Å²) in [5.74, 6) is 1.31. The molecule has 0 aliphatic carbocycles. The van der Waals surface area contributed by atoms with Crippen LogP contribution in [0.2, 0.25) is 0 Å². The van der Waals surface area contributed by atoms with Gasteiger partial charge in [0.2, 0.25) is 0 Å². The van der Waals surface area contributed by atoms with Gasteiger partial charge in [0.05, 0.1) is 18.8 Å². The lowest BCUT2D eigenvalue weighted by atomic mass is 10.1. The first kappa shape index (κ1) is 22.0. The third-order valence-electron chi connectivity index (χ3n) is 5.34. The number of carbonyl (C=O) groups excluding carboxylic acids is 1. The zero-order valence-electron chi connectivity index (χ0n) is 18.9. The molecule has 3 aromatic carbocycles. The van der Waals surface area contributed by atoms with Crippen LogP contribution in [0.3, 0.4) is 0 Å². The SMILES string of the molecule is COc1cccc([C@@H](C)NC(=O)c2ccc(Nc3cc(-c4cccc(C)c4)ncn3)cc2)c1. The number of hydrogen-bond acceptors (Lipinski definition) is 5. The van der Waals surface area contributed by atoms with E-state index in [1.807, 2.05) is 61.5 Å². The van der Waals surface area contributed by atoms with Gasteiger partial charge < -0.3 is 15.4 Å². The zero-order chi connectivity index (χ0) is 23.2. The molecule has 166 valence electrons. The van der Waals surface area contributed by atoms with E-state index < -0.39 is 0 Å². The topological polar surface area (TPSA) is 76.1 Å². The van der Waals surface area contributed by atoms with Crippen molar-refractivity contribution in [1.29, 1.82) is 0 Å². The van der Waals surface area contributed by atoms with Gasteiger partial charge in [0.25, 0.3) is 5.91 Å². The number of carbonyl (C=O) groups is 1. The smallest absolute Gasteiger partial charge is 0.251 e. The average molecular weight is 439 g/mol. The second kappa shape index (κ2) is 9.96. The molecule has 0 aliphatic rings. The molecule has 0 saturated carbocycles. The Labute approximate surface area is 193 Å². The minimum Gasteiger partial charge on any atom is -0.497 e. The van der Waals surface area contributed by atoms with E-state index in [0.29, 0.717) is 11.4 Å². The number of nitrogens with one attached hydrogen (secondary N) is 2. The Morgan fingerprint density at radius 1 is 0.939 bits per heavy atom. The van der Waals surface area contributed by atoms with Crippen LogP contribution in [-0.2, 0) is 0 Å². The van der Waals surface area contributed by atoms with Crippen LogP contribution in [0.25, 0.3) is 11.3 Å². The largest absolute Gasteiger partial charge is 0.497 e. The molecule has 0 aliphatic heterocycles. The summed E-state index contributed by atoms with van der Waals surface area (Å²) in [6.45, 7) is 4.00. The minimum atomic E-state index is -0.147. The molecule has 33 heavy (non-hydrogen) atoms. The van der Waals surface area contributed by atoms with Gasteiger partial charge in [-0.1, -0.05) is 35.9 Å². The molecule has 6 nitrogen and oxygen atoms in total. The maximum atomic E-state index is 12.7. The van der Waals surface area contributed by atoms with Gasteiger partial charge in [0, 0.05) is 22.9 Å². The van der Waals surface area contributed by atoms with Crippen LogP contribution in [-0.4, -0.2) is 23.0 Å². The van der Waals surface area contributed by atoms with Crippen LogP contribution in [0.4, 0.5) is 11.5 Å². The summed E-state index contributed by atoms with van der Waals surface area (Å²) < 4.78 is 5.27. The number of nitrogens with zero attached hydrogens (tertiary/aromatic N) is 2. The van der Waals surface area contributed by atoms with Crippen molar-refractivity contribution in [3.63, 3.8) is 0 Å². The van der Waals surface area contributed by atoms with E-state index in [0.717, 1.165) is 28.3 Å². The number of aromatic nitrogens is 2. The molecule has 1 heterocycles. The first-order valence-corrected chi connectivity index (χ1v) is 10.7. The van der Waals surface area contributed by atoms with E-state index >= 15 is 0 Å². The van der Waals surface area contributed by atoms with E-state index in [2.05, 4.69) is 39.7 Å². The Morgan fingerprint density at radius 2 is 1.73 bits per heavy atom. The molecule has 0 unspecified atom stereocenters. The highest BCUT2D eigenvalue weighted by Crippen LogP contribution is 2.23. The lowest BCUT2D eigenvalue weighted by Crippen LogP contribution is -2.26. The van der Waals surface area contributed by atoms with Crippen molar-refractivity contribution >= 4 is 17.4 Å². The summed E-state index contributed by atoms with van der Waals surface area (Å²) >= 11 is 0. The molecular formula is C27H26N4O2. The Hall–Kier alpha value is -4.19. The van der Waals surface area contributed by atoms with Crippen LogP contribution in [0.15, 0.2) is 85.2 Å². The number of rotatable bonds is 7. The Balaban J connectivity index is 1.42. The summed E-state index contributed by atoms with van der Waals surface area (Å²) in [7, 11) is 1.63. The summed E-state index contributed by atoms with van der Waals surface area (Å²) in [6, 6.07) is 24.9. The average Bonchev–Trinajstić information content (AvgIpc) is 2.84. The lowest BCUT2D eigenvalue weighted by Gasteiger charge is -2.15. The molecular weight excluding hydrogens is 412 g/mol. The summed E-state index contributed by atoms with van der Waals surface area (Å²) in [5, 5.41) is 6.30. The molecule has 1 aromatic heterocycles. The Morgan fingerprint density at radius 3 is 2.48 bits per heavy atom. The van der Waals surface area contributed by atoms with Crippen molar-refractivity contribution in [2.24, 2.45) is 0 Å². The summed E-state index contributed by atoms with van der Waals surface area (Å²) in [6.07, 6.45) is 1.54. The Kier molecular flexibility index (Phi) is 6.64. The maximum absolute atomic E-state index is 12.7. The third-order valence-corrected chi connectivity index (χ3v) is 5.34. The molecule has 0 spiro atoms. The van der Waals surface area contributed by atoms with Gasteiger partial charge in [-0.15, -0.1) is 0 Å². The molecule has 4 rings (SSSR count). The van der Waals surface area contributed by atoms with Crippen LogP contribution in [0.5, 0.6) is 5.75 Å². The molecule has 1 atom stereocenters. The number of hydrogen-bond donors (Lipinski definition) is 2. The number of amides is 1. The first-order chi connectivity index (χ1) is 16.0. The predicted octanol–water partition coefficient (Wildman–Crippen LogP) is 5.70. The highest BCUT2D eigenvalue weighted by molar-refractivity contribution is 5.94. The lowest BCUT2D eigenvalue weighted by molar-refractivity contribution is 0.0940. The van der Waals surface area contributed by atoms with Crippen molar-refractivity contribution in [2.75, 3.05) is 12.4 Å². The fourth-order valence-corrected chi connectivity index (χ4v) is 3.51. The monoisotopic (exact) mass is 438 g/mol. The summed E-state index contributed by atoms with van der Waals surface area (Å²) in [4.78, 5) is 21.4. The van der Waals surface area contributed by atoms with Crippen LogP contribution >= 0.6 is 0 Å². The number of aryl methyl sites for hydroxylation is 1. The quantitative estimate of drug-likeness (QED) is 0.387. The van der Waals surface area contributed by atoms with Gasteiger partial charge >= 0.3 is 0 Å². The first-order valence-electron chi connectivity index (χ1n) is 10.7. The van der Waals surface area contributed by atoms with E-state index in [1.165, 1.54) is 5.56 Å². The number of benzene rings is 3. The fourth-order valence-electron chi connectivity index (χ4n) is 3.51. The summed E-state index contributed by atoms with van der Waals surface area (Å²) in [5.41, 5.74) is 5.46. The van der Waals surface area contributed by atoms with Crippen molar-refractivity contribution in [2.45, 2.75) is 19.9 Å². The van der Waals surface area contributed by atoms with Crippen LogP contribution in [0.1, 0.15) is 34.5 Å². The van der Waals surface area contributed by atoms with Crippen molar-refractivity contribution in [3.05, 3.63) is 102 Å². The molecule has 4 aromatic rings. The van der Waals surface area contributed by atoms with Gasteiger partial charge in [0.1, 0.15) is 17.9 Å². The Bertz CT molecular complexity index is 1250. The van der Waals surface area contributed by atoms with Gasteiger partial charge in [-0.2, -0.15) is 0 Å². The maximum Gasteiger partial charge on any atom is 0.251 e. The van der Waals surface area contributed by atoms with Crippen molar-refractivity contribution < 1.29 is 9.53 Å². The second-order valence-electron chi connectivity index (χ2n) is 7.83. The van der Waals surface area contributed by atoms with Gasteiger partial charge in [-0.25, -0.2) is 9.97 Å². The van der Waals surface area contributed by atoms with Crippen molar-refractivity contribution in [3.8, 4) is 17.0 Å². The van der Waals surface area contributed by atoms with E-state index in [-0.39, 0.29) is 11.9 Å². The van der Waals surface area contributed by atoms with E-state index in [4.69, 9.17) is 4.74 Å². The molecule has 0 radical (unpaired) electrons. The van der Waals surface area contributed by atoms with E-state index in [9.17, 15) is 4.79 Å². The van der Waals surface area contributed by atoms with Crippen LogP contribution in [0, 0.1) is 6.92 Å². The molecule has 6 heteroatoms. The fraction of sp³-hybridized carbons (Fsp3) is 0.148. The van der Waals surface area contributed by atoms with E-state index in [1.54, 1.807) is 25.6 Å². The van der Waals surface area contributed by atoms with Gasteiger partial charge in [-0.3, -0.25) is 4.79 Å². The number of ether oxygens (including phenoxy) is 1. The standard InChI is InChI=1S/C27H26N4O2/c1-18-6-4-8-22(14-18)25-16-26(29-17-28-25)31-23-12-10-20(11-13-23)27(32)30-19(2)21-7-5-9-24(15-21)33-3/h4-17,19H,1-3H3,(H,30,32)(H,28,29,31)/t19-/m1/s1. The third kappa shape index (κ3) is 5.54. The van der Waals surface area contributed by atoms with Gasteiger partial charge in [0.15, 0.2) is 0 Å². The molecule has 1 amide bonds. The predicted molar refractivity (Wildman–Crippen MR) is 131 cm³/mol. The minimum absolute atomic E-state index is 0.138. The highest BCUT2D eigenvalue weighted by Gasteiger charge is 2.12. The normalized spacial score (nSPS) is 11.5. The molecule has 0 fully saturated rings. The zero-order valence-corrected chi connectivity index (χ0v) is 18.9. The molecule has 0 bridgehead atoms. The van der Waals surface area contributed by atoms with Gasteiger partial charge in [-0.05, 0) is 61.9 Å². The molecule has 0 saturated heterocycles. The van der Waals surface area contributed by atoms with Crippen LogP contribution < -0.4 is 15.4 Å². The number of anilines is 2. The van der Waals surface area contributed by atoms with Crippen molar-refractivity contribution in [1.82, 2.24) is 15.3 Å². The highest BCUT2D eigenvalue weighted by atomic mass is 16.5. The second-order valence-corrected chi connectivity index (χ2v) is 7.83. The molecule has 2 N–H and O–H groups in total.